The predicted octanol–water partition coefficient (Wildman–Crippen LogP) is 1.72. The second-order valence-electron chi connectivity index (χ2n) is 6.20. The second kappa shape index (κ2) is 8.75. The van der Waals surface area contributed by atoms with Gasteiger partial charge in [0, 0.05) is 31.5 Å². The molecule has 3 rings (SSSR count). The molecule has 3 N–H and O–H groups in total. The third-order valence-electron chi connectivity index (χ3n) is 3.89. The van der Waals surface area contributed by atoms with E-state index in [9.17, 15) is 9.18 Å². The molecule has 0 spiro atoms. The molecular weight excluding hydrogens is 380 g/mol. The van der Waals surface area contributed by atoms with Crippen LogP contribution in [0.25, 0.3) is 0 Å². The second-order valence-corrected chi connectivity index (χ2v) is 6.86. The number of hydrogen-bond donors (Lipinski definition) is 3. The number of nitrogens with zero attached hydrogens (tertiary/aromatic N) is 4. The van der Waals surface area contributed by atoms with Crippen molar-refractivity contribution in [1.82, 2.24) is 25.1 Å². The fraction of sp³-hybridized carbons (Fsp3) is 0.222. The summed E-state index contributed by atoms with van der Waals surface area (Å²) >= 11 is 0. The molecule has 10 heteroatoms. The van der Waals surface area contributed by atoms with Crippen LogP contribution < -0.4 is 21.3 Å². The van der Waals surface area contributed by atoms with Gasteiger partial charge in [0.2, 0.25) is 11.9 Å². The standard InChI is InChI=1S/C18H21FN7OP/c1-11-6-22-18(24-14-8-23-26(9-14)10-16(27)20-2)25-17(11)21-7-12-3-13(19)5-15(28)4-12/h3-6,8-9H,7,10,28H2,1-2H3,(H,20,27)(H2,21,22,24,25). The lowest BCUT2D eigenvalue weighted by molar-refractivity contribution is -0.121. The third-order valence-corrected chi connectivity index (χ3v) is 4.22. The van der Waals surface area contributed by atoms with E-state index in [0.29, 0.717) is 24.0 Å². The first-order valence-corrected chi connectivity index (χ1v) is 9.13. The monoisotopic (exact) mass is 401 g/mol. The van der Waals surface area contributed by atoms with E-state index in [2.05, 4.69) is 40.3 Å². The van der Waals surface area contributed by atoms with Gasteiger partial charge < -0.3 is 16.0 Å². The summed E-state index contributed by atoms with van der Waals surface area (Å²) in [5.41, 5.74) is 2.34. The Morgan fingerprint density at radius 2 is 2.11 bits per heavy atom. The average Bonchev–Trinajstić information content (AvgIpc) is 3.08. The zero-order chi connectivity index (χ0) is 20.1. The van der Waals surface area contributed by atoms with Crippen molar-refractivity contribution in [2.24, 2.45) is 0 Å². The Balaban J connectivity index is 1.68. The molecule has 146 valence electrons. The maximum Gasteiger partial charge on any atom is 0.241 e. The minimum Gasteiger partial charge on any atom is -0.366 e. The highest BCUT2D eigenvalue weighted by Gasteiger charge is 2.08. The first-order valence-electron chi connectivity index (χ1n) is 8.55. The molecule has 0 bridgehead atoms. The van der Waals surface area contributed by atoms with Crippen molar-refractivity contribution < 1.29 is 9.18 Å². The van der Waals surface area contributed by atoms with Crippen molar-refractivity contribution in [1.29, 1.82) is 0 Å². The van der Waals surface area contributed by atoms with Crippen molar-refractivity contribution in [3.63, 3.8) is 0 Å². The average molecular weight is 401 g/mol. The molecule has 1 aromatic carbocycles. The first kappa shape index (κ1) is 19.7. The van der Waals surface area contributed by atoms with Gasteiger partial charge in [0.25, 0.3) is 0 Å². The number of aromatic nitrogens is 4. The van der Waals surface area contributed by atoms with Crippen LogP contribution in [-0.2, 0) is 17.9 Å². The topological polar surface area (TPSA) is 96.8 Å². The van der Waals surface area contributed by atoms with Crippen LogP contribution in [0.4, 0.5) is 21.8 Å². The Bertz CT molecular complexity index is 972. The molecule has 1 atom stereocenters. The Morgan fingerprint density at radius 1 is 1.29 bits per heavy atom. The summed E-state index contributed by atoms with van der Waals surface area (Å²) in [7, 11) is 4.07. The highest BCUT2D eigenvalue weighted by Crippen LogP contribution is 2.17. The zero-order valence-electron chi connectivity index (χ0n) is 15.5. The number of aryl methyl sites for hydroxylation is 1. The third kappa shape index (κ3) is 5.23. The van der Waals surface area contributed by atoms with E-state index in [1.165, 1.54) is 16.8 Å². The van der Waals surface area contributed by atoms with Crippen LogP contribution >= 0.6 is 9.24 Å². The normalized spacial score (nSPS) is 10.6. The molecule has 0 saturated heterocycles. The number of nitrogens with one attached hydrogen (secondary N) is 3. The van der Waals surface area contributed by atoms with Gasteiger partial charge in [0.1, 0.15) is 18.2 Å². The van der Waals surface area contributed by atoms with E-state index in [4.69, 9.17) is 0 Å². The number of halogens is 1. The van der Waals surface area contributed by atoms with E-state index in [-0.39, 0.29) is 18.3 Å². The molecule has 0 aliphatic carbocycles. The molecule has 0 radical (unpaired) electrons. The minimum absolute atomic E-state index is 0.130. The molecule has 1 amide bonds. The molecule has 2 heterocycles. The van der Waals surface area contributed by atoms with Gasteiger partial charge in [-0.1, -0.05) is 0 Å². The maximum atomic E-state index is 13.5. The molecule has 0 aliphatic rings. The smallest absolute Gasteiger partial charge is 0.241 e. The van der Waals surface area contributed by atoms with Gasteiger partial charge in [0.05, 0.1) is 11.9 Å². The molecule has 3 aromatic rings. The van der Waals surface area contributed by atoms with E-state index in [1.54, 1.807) is 25.6 Å². The maximum absolute atomic E-state index is 13.5. The molecule has 0 saturated carbocycles. The SMILES string of the molecule is CNC(=O)Cn1cc(Nc2ncc(C)c(NCc3cc(F)cc(P)c3)n2)cn1. The van der Waals surface area contributed by atoms with E-state index in [0.717, 1.165) is 16.4 Å². The number of anilines is 3. The van der Waals surface area contributed by atoms with Gasteiger partial charge in [-0.15, -0.1) is 9.24 Å². The number of rotatable bonds is 7. The number of carbonyl (C=O) groups excluding carboxylic acids is 1. The fourth-order valence-corrected chi connectivity index (χ4v) is 2.89. The predicted molar refractivity (Wildman–Crippen MR) is 109 cm³/mol. The van der Waals surface area contributed by atoms with Gasteiger partial charge in [-0.25, -0.2) is 9.37 Å². The number of amides is 1. The largest absolute Gasteiger partial charge is 0.366 e. The Hall–Kier alpha value is -3.06. The van der Waals surface area contributed by atoms with Crippen molar-refractivity contribution >= 4 is 37.9 Å². The number of hydrogen-bond acceptors (Lipinski definition) is 6. The summed E-state index contributed by atoms with van der Waals surface area (Å²) in [6.45, 7) is 2.45. The van der Waals surface area contributed by atoms with E-state index >= 15 is 0 Å². The van der Waals surface area contributed by atoms with Crippen LogP contribution in [0.15, 0.2) is 36.8 Å². The number of likely N-dealkylation sites (N-methyl/N-ethyl adjacent to an activating group) is 1. The number of benzene rings is 1. The Morgan fingerprint density at radius 3 is 2.86 bits per heavy atom. The van der Waals surface area contributed by atoms with Gasteiger partial charge >= 0.3 is 0 Å². The molecular formula is C18H21FN7OP. The number of carbonyl (C=O) groups is 1. The van der Waals surface area contributed by atoms with Crippen LogP contribution in [0.3, 0.4) is 0 Å². The first-order chi connectivity index (χ1) is 13.4. The van der Waals surface area contributed by atoms with Crippen LogP contribution in [0, 0.1) is 12.7 Å². The highest BCUT2D eigenvalue weighted by molar-refractivity contribution is 7.27. The molecule has 8 nitrogen and oxygen atoms in total. The summed E-state index contributed by atoms with van der Waals surface area (Å²) in [5.74, 6) is 0.613. The van der Waals surface area contributed by atoms with Crippen LogP contribution in [0.2, 0.25) is 0 Å². The lowest BCUT2D eigenvalue weighted by atomic mass is 10.2. The van der Waals surface area contributed by atoms with Gasteiger partial charge in [-0.2, -0.15) is 10.1 Å². The fourth-order valence-electron chi connectivity index (χ4n) is 2.51. The lowest BCUT2D eigenvalue weighted by Gasteiger charge is -2.11. The minimum atomic E-state index is -0.278. The summed E-state index contributed by atoms with van der Waals surface area (Å²) in [6.07, 6.45) is 4.98. The van der Waals surface area contributed by atoms with Crippen molar-refractivity contribution in [2.75, 3.05) is 17.7 Å². The quantitative estimate of drug-likeness (QED) is 0.522. The van der Waals surface area contributed by atoms with Crippen molar-refractivity contribution in [3.05, 3.63) is 53.7 Å². The lowest BCUT2D eigenvalue weighted by Crippen LogP contribution is -2.23. The summed E-state index contributed by atoms with van der Waals surface area (Å²) in [5, 5.41) is 13.7. The van der Waals surface area contributed by atoms with Crippen LogP contribution in [-0.4, -0.2) is 32.7 Å². The van der Waals surface area contributed by atoms with E-state index < -0.39 is 0 Å². The highest BCUT2D eigenvalue weighted by atomic mass is 31.0. The van der Waals surface area contributed by atoms with Crippen LogP contribution in [0.1, 0.15) is 11.1 Å². The molecule has 0 fully saturated rings. The Labute approximate surface area is 164 Å². The van der Waals surface area contributed by atoms with E-state index in [1.807, 2.05) is 13.0 Å². The Kier molecular flexibility index (Phi) is 6.16. The van der Waals surface area contributed by atoms with Crippen molar-refractivity contribution in [3.8, 4) is 0 Å². The van der Waals surface area contributed by atoms with Gasteiger partial charge in [-0.05, 0) is 36.0 Å². The van der Waals surface area contributed by atoms with Crippen LogP contribution in [0.5, 0.6) is 0 Å². The summed E-state index contributed by atoms with van der Waals surface area (Å²) in [4.78, 5) is 20.1. The molecule has 1 unspecified atom stereocenters. The van der Waals surface area contributed by atoms with Gasteiger partial charge in [-0.3, -0.25) is 9.48 Å². The molecule has 2 aromatic heterocycles. The molecule has 28 heavy (non-hydrogen) atoms. The van der Waals surface area contributed by atoms with Gasteiger partial charge in [0.15, 0.2) is 0 Å². The summed E-state index contributed by atoms with van der Waals surface area (Å²) in [6, 6.07) is 4.82. The molecule has 0 aliphatic heterocycles. The van der Waals surface area contributed by atoms with Crippen molar-refractivity contribution in [2.45, 2.75) is 20.0 Å². The zero-order valence-corrected chi connectivity index (χ0v) is 16.7. The summed E-state index contributed by atoms with van der Waals surface area (Å²) < 4.78 is 15.0.